The number of rotatable bonds is 5. The van der Waals surface area contributed by atoms with E-state index < -0.39 is 11.2 Å². The molecule has 3 fully saturated rings. The van der Waals surface area contributed by atoms with Crippen molar-refractivity contribution in [3.63, 3.8) is 0 Å². The second-order valence-electron chi connectivity index (χ2n) is 12.7. The SMILES string of the molecule is CC(C)(O)CCC[C@](C)(O)[C@H]1CC[C@H]2[C@@H]3CCC4=CC(=O)CC[C@]4(C)[C@H]3CC[C@@]21C. The van der Waals surface area contributed by atoms with Crippen LogP contribution in [0.2, 0.25) is 0 Å². The molecule has 0 aromatic rings. The van der Waals surface area contributed by atoms with Gasteiger partial charge in [-0.2, -0.15) is 0 Å². The molecular formula is C27H44O3. The van der Waals surface area contributed by atoms with E-state index in [1.165, 1.54) is 31.3 Å². The molecule has 4 aliphatic carbocycles. The lowest BCUT2D eigenvalue weighted by atomic mass is 9.46. The number of fused-ring (bicyclic) bond motifs is 5. The van der Waals surface area contributed by atoms with E-state index in [0.717, 1.165) is 50.9 Å². The third kappa shape index (κ3) is 3.72. The summed E-state index contributed by atoms with van der Waals surface area (Å²) in [7, 11) is 0. The van der Waals surface area contributed by atoms with Gasteiger partial charge in [0.25, 0.3) is 0 Å². The monoisotopic (exact) mass is 416 g/mol. The maximum Gasteiger partial charge on any atom is 0.155 e. The molecule has 0 aliphatic heterocycles. The van der Waals surface area contributed by atoms with E-state index in [1.54, 1.807) is 0 Å². The standard InChI is InChI=1S/C27H44O3/c1-24(2,29)13-6-14-27(5,30)23-10-9-21-20-8-7-18-17-19(28)11-15-25(18,3)22(20)12-16-26(21,23)4/h17,20-23,29-30H,6-16H2,1-5H3/t20-,21-,22-,23-,25-,26-,27-/m0/s1. The van der Waals surface area contributed by atoms with Crippen LogP contribution >= 0.6 is 0 Å². The summed E-state index contributed by atoms with van der Waals surface area (Å²) in [6.07, 6.45) is 13.3. The summed E-state index contributed by atoms with van der Waals surface area (Å²) in [4.78, 5) is 12.0. The Morgan fingerprint density at radius 3 is 2.40 bits per heavy atom. The summed E-state index contributed by atoms with van der Waals surface area (Å²) in [5.74, 6) is 2.86. The Balaban J connectivity index is 1.51. The Hall–Kier alpha value is -0.670. The third-order valence-electron chi connectivity index (χ3n) is 10.2. The molecule has 3 heteroatoms. The van der Waals surface area contributed by atoms with Gasteiger partial charge in [0, 0.05) is 6.42 Å². The molecule has 2 N–H and O–H groups in total. The molecule has 0 aromatic heterocycles. The predicted molar refractivity (Wildman–Crippen MR) is 121 cm³/mol. The molecule has 3 saturated carbocycles. The first-order valence-electron chi connectivity index (χ1n) is 12.6. The lowest BCUT2D eigenvalue weighted by molar-refractivity contribution is -0.120. The average Bonchev–Trinajstić information content (AvgIpc) is 2.99. The number of ketones is 1. The molecule has 0 aromatic carbocycles. The van der Waals surface area contributed by atoms with Crippen molar-refractivity contribution in [1.82, 2.24) is 0 Å². The Morgan fingerprint density at radius 1 is 0.967 bits per heavy atom. The van der Waals surface area contributed by atoms with Crippen molar-refractivity contribution in [2.45, 2.75) is 116 Å². The quantitative estimate of drug-likeness (QED) is 0.593. The van der Waals surface area contributed by atoms with Gasteiger partial charge in [0.15, 0.2) is 5.78 Å². The van der Waals surface area contributed by atoms with Crippen LogP contribution in [-0.4, -0.2) is 27.2 Å². The molecule has 0 amide bonds. The lowest BCUT2D eigenvalue weighted by Gasteiger charge is -2.59. The lowest BCUT2D eigenvalue weighted by Crippen LogP contribution is -2.53. The molecular weight excluding hydrogens is 372 g/mol. The molecule has 30 heavy (non-hydrogen) atoms. The number of hydrogen-bond acceptors (Lipinski definition) is 3. The van der Waals surface area contributed by atoms with Gasteiger partial charge in [-0.3, -0.25) is 4.79 Å². The maximum absolute atomic E-state index is 12.0. The zero-order chi connectivity index (χ0) is 21.9. The Kier molecular flexibility index (Phi) is 5.59. The second-order valence-corrected chi connectivity index (χ2v) is 12.7. The van der Waals surface area contributed by atoms with Crippen molar-refractivity contribution in [3.05, 3.63) is 11.6 Å². The first-order valence-corrected chi connectivity index (χ1v) is 12.6. The fourth-order valence-electron chi connectivity index (χ4n) is 8.63. The second kappa shape index (κ2) is 7.44. The minimum absolute atomic E-state index is 0.224. The number of aliphatic hydroxyl groups is 2. The van der Waals surface area contributed by atoms with Crippen molar-refractivity contribution in [2.75, 3.05) is 0 Å². The summed E-state index contributed by atoms with van der Waals surface area (Å²) in [6.45, 7) is 10.7. The van der Waals surface area contributed by atoms with Crippen molar-refractivity contribution in [1.29, 1.82) is 0 Å². The molecule has 0 bridgehead atoms. The first kappa shape index (κ1) is 22.5. The van der Waals surface area contributed by atoms with Gasteiger partial charge in [-0.15, -0.1) is 0 Å². The predicted octanol–water partition coefficient (Wildman–Crippen LogP) is 5.83. The summed E-state index contributed by atoms with van der Waals surface area (Å²) in [6, 6.07) is 0. The molecule has 4 aliphatic rings. The van der Waals surface area contributed by atoms with Gasteiger partial charge in [-0.25, -0.2) is 0 Å². The molecule has 7 atom stereocenters. The number of allylic oxidation sites excluding steroid dienone is 1. The van der Waals surface area contributed by atoms with E-state index >= 15 is 0 Å². The van der Waals surface area contributed by atoms with E-state index in [2.05, 4.69) is 20.8 Å². The van der Waals surface area contributed by atoms with Crippen LogP contribution in [0.5, 0.6) is 0 Å². The zero-order valence-corrected chi connectivity index (χ0v) is 20.0. The molecule has 0 spiro atoms. The topological polar surface area (TPSA) is 57.5 Å². The summed E-state index contributed by atoms with van der Waals surface area (Å²) < 4.78 is 0. The zero-order valence-electron chi connectivity index (χ0n) is 20.0. The van der Waals surface area contributed by atoms with Gasteiger partial charge >= 0.3 is 0 Å². The van der Waals surface area contributed by atoms with Crippen LogP contribution in [0, 0.1) is 34.5 Å². The summed E-state index contributed by atoms with van der Waals surface area (Å²) in [5, 5.41) is 21.6. The fraction of sp³-hybridized carbons (Fsp3) is 0.889. The average molecular weight is 417 g/mol. The number of hydrogen-bond donors (Lipinski definition) is 2. The van der Waals surface area contributed by atoms with Crippen LogP contribution in [0.3, 0.4) is 0 Å². The largest absolute Gasteiger partial charge is 0.390 e. The third-order valence-corrected chi connectivity index (χ3v) is 10.2. The van der Waals surface area contributed by atoms with E-state index in [9.17, 15) is 15.0 Å². The van der Waals surface area contributed by atoms with Crippen LogP contribution in [0.25, 0.3) is 0 Å². The van der Waals surface area contributed by atoms with Gasteiger partial charge in [0.05, 0.1) is 11.2 Å². The molecule has 4 rings (SSSR count). The molecule has 3 nitrogen and oxygen atoms in total. The molecule has 0 saturated heterocycles. The number of carbonyl (C=O) groups is 1. The van der Waals surface area contributed by atoms with Crippen LogP contribution in [0.15, 0.2) is 11.6 Å². The Bertz CT molecular complexity index is 714. The minimum Gasteiger partial charge on any atom is -0.390 e. The Morgan fingerprint density at radius 2 is 1.70 bits per heavy atom. The molecule has 0 unspecified atom stereocenters. The van der Waals surface area contributed by atoms with Crippen LogP contribution in [0.1, 0.15) is 105 Å². The van der Waals surface area contributed by atoms with Crippen molar-refractivity contribution in [3.8, 4) is 0 Å². The molecule has 170 valence electrons. The van der Waals surface area contributed by atoms with Crippen molar-refractivity contribution < 1.29 is 15.0 Å². The highest BCUT2D eigenvalue weighted by Gasteiger charge is 2.61. The van der Waals surface area contributed by atoms with Gasteiger partial charge in [-0.05, 0) is 126 Å². The fourth-order valence-corrected chi connectivity index (χ4v) is 8.63. The van der Waals surface area contributed by atoms with Crippen LogP contribution < -0.4 is 0 Å². The van der Waals surface area contributed by atoms with Crippen molar-refractivity contribution in [2.24, 2.45) is 34.5 Å². The van der Waals surface area contributed by atoms with E-state index in [1.807, 2.05) is 19.9 Å². The van der Waals surface area contributed by atoms with E-state index in [0.29, 0.717) is 23.5 Å². The van der Waals surface area contributed by atoms with Crippen LogP contribution in [0.4, 0.5) is 0 Å². The van der Waals surface area contributed by atoms with Gasteiger partial charge < -0.3 is 10.2 Å². The summed E-state index contributed by atoms with van der Waals surface area (Å²) >= 11 is 0. The van der Waals surface area contributed by atoms with Crippen LogP contribution in [-0.2, 0) is 4.79 Å². The highest BCUT2D eigenvalue weighted by Crippen LogP contribution is 2.68. The normalized spacial score (nSPS) is 43.3. The van der Waals surface area contributed by atoms with E-state index in [4.69, 9.17) is 0 Å². The summed E-state index contributed by atoms with van der Waals surface area (Å²) in [5.41, 5.74) is 0.590. The van der Waals surface area contributed by atoms with Crippen molar-refractivity contribution >= 4 is 5.78 Å². The number of carbonyl (C=O) groups excluding carboxylic acids is 1. The minimum atomic E-state index is -0.652. The smallest absolute Gasteiger partial charge is 0.155 e. The van der Waals surface area contributed by atoms with Gasteiger partial charge in [0.1, 0.15) is 0 Å². The molecule has 0 radical (unpaired) electrons. The maximum atomic E-state index is 12.0. The Labute approximate surface area is 183 Å². The van der Waals surface area contributed by atoms with E-state index in [-0.39, 0.29) is 10.8 Å². The first-order chi connectivity index (χ1) is 13.9. The van der Waals surface area contributed by atoms with Gasteiger partial charge in [0.2, 0.25) is 0 Å². The molecule has 0 heterocycles. The van der Waals surface area contributed by atoms with Gasteiger partial charge in [-0.1, -0.05) is 19.4 Å². The highest BCUT2D eigenvalue weighted by atomic mass is 16.3. The highest BCUT2D eigenvalue weighted by molar-refractivity contribution is 5.91.